The van der Waals surface area contributed by atoms with Gasteiger partial charge in [0.15, 0.2) is 11.5 Å². The predicted molar refractivity (Wildman–Crippen MR) is 103 cm³/mol. The number of ether oxygens (including phenoxy) is 1. The number of hydrogen-bond acceptors (Lipinski definition) is 7. The molecule has 0 fully saturated rings. The van der Waals surface area contributed by atoms with Crippen molar-refractivity contribution in [1.29, 1.82) is 0 Å². The first-order valence-corrected chi connectivity index (χ1v) is 8.62. The Hall–Kier alpha value is -3.82. The van der Waals surface area contributed by atoms with E-state index < -0.39 is 17.2 Å². The van der Waals surface area contributed by atoms with Gasteiger partial charge in [-0.05, 0) is 25.1 Å². The van der Waals surface area contributed by atoms with Gasteiger partial charge < -0.3 is 19.6 Å². The highest BCUT2D eigenvalue weighted by atomic mass is 16.5. The molecule has 2 N–H and O–H groups in total. The second-order valence-electron chi connectivity index (χ2n) is 6.36. The van der Waals surface area contributed by atoms with Crippen LogP contribution in [-0.4, -0.2) is 32.2 Å². The molecule has 2 heterocycles. The molecular weight excluding hydrogens is 380 g/mol. The maximum atomic E-state index is 12.4. The zero-order valence-electron chi connectivity index (χ0n) is 16.3. The maximum absolute atomic E-state index is 12.4. The van der Waals surface area contributed by atoms with E-state index in [-0.39, 0.29) is 23.9 Å². The van der Waals surface area contributed by atoms with Gasteiger partial charge in [0.05, 0.1) is 13.7 Å². The summed E-state index contributed by atoms with van der Waals surface area (Å²) in [6.45, 7) is 1.72. The largest absolute Gasteiger partial charge is 0.504 e. The van der Waals surface area contributed by atoms with Crippen LogP contribution in [0.4, 0.5) is 0 Å². The van der Waals surface area contributed by atoms with E-state index in [0.717, 1.165) is 15.2 Å². The minimum absolute atomic E-state index is 0.0275. The van der Waals surface area contributed by atoms with Crippen LogP contribution in [0.2, 0.25) is 0 Å². The molecule has 0 saturated carbocycles. The van der Waals surface area contributed by atoms with Gasteiger partial charge in [0.2, 0.25) is 5.89 Å². The average Bonchev–Trinajstić information content (AvgIpc) is 3.07. The molecule has 152 valence electrons. The van der Waals surface area contributed by atoms with E-state index >= 15 is 0 Å². The quantitative estimate of drug-likeness (QED) is 0.645. The van der Waals surface area contributed by atoms with Crippen LogP contribution in [0, 0.1) is 6.92 Å². The second-order valence-corrected chi connectivity index (χ2v) is 6.36. The summed E-state index contributed by atoms with van der Waals surface area (Å²) < 4.78 is 12.6. The van der Waals surface area contributed by atoms with Crippen LogP contribution in [0.15, 0.2) is 38.3 Å². The third kappa shape index (κ3) is 3.77. The number of hydrogen-bond donors (Lipinski definition) is 2. The number of phenolic OH excluding ortho intramolecular Hbond substituents is 1. The number of aromatic nitrogens is 3. The highest BCUT2D eigenvalue weighted by Gasteiger charge is 2.17. The van der Waals surface area contributed by atoms with Crippen LogP contribution in [-0.2, 0) is 20.6 Å². The van der Waals surface area contributed by atoms with Crippen molar-refractivity contribution in [1.82, 2.24) is 19.4 Å². The minimum atomic E-state index is -0.595. The number of nitrogens with zero attached hydrogens (tertiary/aromatic N) is 3. The topological polar surface area (TPSA) is 129 Å². The van der Waals surface area contributed by atoms with Gasteiger partial charge in [-0.25, -0.2) is 9.78 Å². The Bertz CT molecular complexity index is 1200. The molecule has 0 radical (unpaired) electrons. The minimum Gasteiger partial charge on any atom is -0.504 e. The molecule has 0 aliphatic carbocycles. The van der Waals surface area contributed by atoms with Crippen LogP contribution in [0.5, 0.6) is 11.5 Å². The summed E-state index contributed by atoms with van der Waals surface area (Å²) in [5, 5.41) is 12.5. The molecule has 3 aromatic rings. The summed E-state index contributed by atoms with van der Waals surface area (Å²) in [6, 6.07) is 5.82. The normalized spacial score (nSPS) is 10.8. The van der Waals surface area contributed by atoms with E-state index in [1.54, 1.807) is 19.1 Å². The summed E-state index contributed by atoms with van der Waals surface area (Å²) in [6.07, 6.45) is 0. The van der Waals surface area contributed by atoms with Crippen LogP contribution in [0.25, 0.3) is 11.5 Å². The second kappa shape index (κ2) is 7.66. The summed E-state index contributed by atoms with van der Waals surface area (Å²) in [5.74, 6) is 0.430. The number of amides is 1. The number of nitrogens with one attached hydrogen (secondary N) is 1. The van der Waals surface area contributed by atoms with E-state index in [9.17, 15) is 19.5 Å². The number of aryl methyl sites for hydroxylation is 1. The Morgan fingerprint density at radius 2 is 1.97 bits per heavy atom. The third-order valence-electron chi connectivity index (χ3n) is 4.49. The standard InChI is InChI=1S/C19H20N4O6/c1-10-12(21-18(29-10)11-5-6-15(28-4)14(24)7-11)9-20-17(26)13-8-16(25)23(3)19(27)22(13)2/h5-8,24H,9H2,1-4H3,(H,20,26). The van der Waals surface area contributed by atoms with Gasteiger partial charge in [0.1, 0.15) is 17.1 Å². The Labute approximate surface area is 165 Å². The third-order valence-corrected chi connectivity index (χ3v) is 4.49. The highest BCUT2D eigenvalue weighted by Crippen LogP contribution is 2.31. The van der Waals surface area contributed by atoms with Crippen molar-refractivity contribution < 1.29 is 19.1 Å². The predicted octanol–water partition coefficient (Wildman–Crippen LogP) is 0.692. The first-order chi connectivity index (χ1) is 13.7. The van der Waals surface area contributed by atoms with Crippen molar-refractivity contribution in [3.05, 3.63) is 62.3 Å². The lowest BCUT2D eigenvalue weighted by Crippen LogP contribution is -2.41. The van der Waals surface area contributed by atoms with Crippen LogP contribution in [0.1, 0.15) is 21.9 Å². The first kappa shape index (κ1) is 19.9. The molecule has 1 amide bonds. The summed E-state index contributed by atoms with van der Waals surface area (Å²) in [7, 11) is 4.19. The first-order valence-electron chi connectivity index (χ1n) is 8.62. The van der Waals surface area contributed by atoms with Crippen molar-refractivity contribution in [2.45, 2.75) is 13.5 Å². The Morgan fingerprint density at radius 1 is 1.24 bits per heavy atom. The lowest BCUT2D eigenvalue weighted by molar-refractivity contribution is 0.0940. The van der Waals surface area contributed by atoms with Gasteiger partial charge in [-0.3, -0.25) is 18.7 Å². The number of carbonyl (C=O) groups excluding carboxylic acids is 1. The van der Waals surface area contributed by atoms with E-state index in [4.69, 9.17) is 9.15 Å². The zero-order chi connectivity index (χ0) is 21.3. The number of carbonyl (C=O) groups is 1. The molecule has 0 spiro atoms. The molecule has 0 atom stereocenters. The molecule has 1 aromatic carbocycles. The lowest BCUT2D eigenvalue weighted by Gasteiger charge is -2.09. The van der Waals surface area contributed by atoms with E-state index in [0.29, 0.717) is 22.8 Å². The van der Waals surface area contributed by atoms with Crippen molar-refractivity contribution in [2.24, 2.45) is 14.1 Å². The molecular formula is C19H20N4O6. The summed E-state index contributed by atoms with van der Waals surface area (Å²) in [4.78, 5) is 40.5. The summed E-state index contributed by atoms with van der Waals surface area (Å²) >= 11 is 0. The average molecular weight is 400 g/mol. The van der Waals surface area contributed by atoms with Gasteiger partial charge in [-0.15, -0.1) is 0 Å². The number of methoxy groups -OCH3 is 1. The fraction of sp³-hybridized carbons (Fsp3) is 0.263. The van der Waals surface area contributed by atoms with Gasteiger partial charge >= 0.3 is 5.69 Å². The molecule has 0 aliphatic heterocycles. The highest BCUT2D eigenvalue weighted by molar-refractivity contribution is 5.92. The van der Waals surface area contributed by atoms with Gasteiger partial charge in [0, 0.05) is 25.7 Å². The van der Waals surface area contributed by atoms with Crippen LogP contribution < -0.4 is 21.3 Å². The van der Waals surface area contributed by atoms with E-state index in [1.807, 2.05) is 0 Å². The molecule has 10 heteroatoms. The maximum Gasteiger partial charge on any atom is 0.331 e. The Morgan fingerprint density at radius 3 is 2.62 bits per heavy atom. The molecule has 2 aromatic heterocycles. The molecule has 0 bridgehead atoms. The number of rotatable bonds is 5. The molecule has 0 unspecified atom stereocenters. The fourth-order valence-corrected chi connectivity index (χ4v) is 2.74. The SMILES string of the molecule is COc1ccc(-c2nc(CNC(=O)c3cc(=O)n(C)c(=O)n3C)c(C)o2)cc1O. The molecule has 0 saturated heterocycles. The number of phenols is 1. The molecule has 29 heavy (non-hydrogen) atoms. The van der Waals surface area contributed by atoms with Gasteiger partial charge in [-0.1, -0.05) is 0 Å². The monoisotopic (exact) mass is 400 g/mol. The van der Waals surface area contributed by atoms with Crippen LogP contribution in [0.3, 0.4) is 0 Å². The number of oxazole rings is 1. The fourth-order valence-electron chi connectivity index (χ4n) is 2.74. The molecule has 3 rings (SSSR count). The zero-order valence-corrected chi connectivity index (χ0v) is 16.3. The van der Waals surface area contributed by atoms with Crippen molar-refractivity contribution in [2.75, 3.05) is 7.11 Å². The van der Waals surface area contributed by atoms with Crippen LogP contribution >= 0.6 is 0 Å². The van der Waals surface area contributed by atoms with Gasteiger partial charge in [-0.2, -0.15) is 0 Å². The Kier molecular flexibility index (Phi) is 5.26. The van der Waals surface area contributed by atoms with Crippen molar-refractivity contribution in [3.8, 4) is 23.0 Å². The molecule has 10 nitrogen and oxygen atoms in total. The molecule has 0 aliphatic rings. The lowest BCUT2D eigenvalue weighted by atomic mass is 10.2. The van der Waals surface area contributed by atoms with Gasteiger partial charge in [0.25, 0.3) is 11.5 Å². The van der Waals surface area contributed by atoms with Crippen molar-refractivity contribution in [3.63, 3.8) is 0 Å². The van der Waals surface area contributed by atoms with E-state index in [2.05, 4.69) is 10.3 Å². The van der Waals surface area contributed by atoms with E-state index in [1.165, 1.54) is 27.3 Å². The smallest absolute Gasteiger partial charge is 0.331 e. The number of aromatic hydroxyl groups is 1. The Balaban J connectivity index is 1.80. The summed E-state index contributed by atoms with van der Waals surface area (Å²) in [5.41, 5.74) is -0.214. The number of benzene rings is 1. The van der Waals surface area contributed by atoms with Crippen molar-refractivity contribution >= 4 is 5.91 Å².